The molecule has 0 unspecified atom stereocenters. The molecule has 11 heteroatoms. The largest absolute Gasteiger partial charge is 0.463 e. The van der Waals surface area contributed by atoms with Crippen molar-refractivity contribution in [3.63, 3.8) is 0 Å². The van der Waals surface area contributed by atoms with Crippen molar-refractivity contribution in [1.29, 1.82) is 5.26 Å². The van der Waals surface area contributed by atoms with Gasteiger partial charge in [0.2, 0.25) is 5.60 Å². The van der Waals surface area contributed by atoms with E-state index in [2.05, 4.69) is 10.1 Å². The van der Waals surface area contributed by atoms with E-state index in [4.69, 9.17) is 15.2 Å². The second kappa shape index (κ2) is 7.07. The van der Waals surface area contributed by atoms with Gasteiger partial charge in [-0.05, 0) is 6.42 Å². The quantitative estimate of drug-likeness (QED) is 0.590. The van der Waals surface area contributed by atoms with Gasteiger partial charge in [-0.2, -0.15) is 10.4 Å². The third kappa shape index (κ3) is 2.97. The molecule has 0 radical (unpaired) electrons. The van der Waals surface area contributed by atoms with E-state index in [0.29, 0.717) is 6.42 Å². The van der Waals surface area contributed by atoms with Gasteiger partial charge in [0.05, 0.1) is 5.69 Å². The summed E-state index contributed by atoms with van der Waals surface area (Å²) in [7, 11) is 0. The maximum Gasteiger partial charge on any atom is 0.305 e. The molecule has 3 heterocycles. The summed E-state index contributed by atoms with van der Waals surface area (Å²) in [5.74, 6) is -1.49. The molecule has 1 saturated heterocycles. The number of ether oxygens (including phenoxy) is 2. The fraction of sp³-hybridized carbons (Fsp3) is 0.500. The third-order valence-corrected chi connectivity index (χ3v) is 4.40. The number of nitrogen functional groups attached to an aromatic ring is 1. The fourth-order valence-electron chi connectivity index (χ4n) is 3.05. The molecule has 0 spiro atoms. The van der Waals surface area contributed by atoms with Crippen LogP contribution in [0.25, 0.3) is 5.52 Å². The molecule has 1 aliphatic rings. The van der Waals surface area contributed by atoms with Gasteiger partial charge in [-0.1, -0.05) is 6.92 Å². The summed E-state index contributed by atoms with van der Waals surface area (Å²) in [4.78, 5) is 15.2. The number of carbonyl (C=O) groups excluding carboxylic acids is 1. The number of esters is 1. The molecule has 27 heavy (non-hydrogen) atoms. The molecule has 0 saturated carbocycles. The summed E-state index contributed by atoms with van der Waals surface area (Å²) in [6.07, 6.45) is -2.67. The van der Waals surface area contributed by atoms with E-state index in [1.54, 1.807) is 13.0 Å². The zero-order valence-electron chi connectivity index (χ0n) is 14.4. The summed E-state index contributed by atoms with van der Waals surface area (Å²) in [5.41, 5.74) is 3.15. The average molecular weight is 379 g/mol. The Balaban J connectivity index is 1.97. The van der Waals surface area contributed by atoms with Crippen LogP contribution in [0.5, 0.6) is 0 Å². The monoisotopic (exact) mass is 379 g/mol. The van der Waals surface area contributed by atoms with Crippen LogP contribution in [0.4, 0.5) is 10.2 Å². The predicted octanol–water partition coefficient (Wildman–Crippen LogP) is -0.367. The van der Waals surface area contributed by atoms with Gasteiger partial charge in [-0.3, -0.25) is 4.79 Å². The molecule has 0 aromatic carbocycles. The summed E-state index contributed by atoms with van der Waals surface area (Å²) in [6.45, 7) is 1.43. The van der Waals surface area contributed by atoms with Crippen LogP contribution in [-0.2, 0) is 19.9 Å². The predicted molar refractivity (Wildman–Crippen MR) is 87.4 cm³/mol. The van der Waals surface area contributed by atoms with E-state index in [0.717, 1.165) is 16.9 Å². The Kier molecular flexibility index (Phi) is 4.97. The van der Waals surface area contributed by atoms with Gasteiger partial charge in [-0.25, -0.2) is 13.9 Å². The highest BCUT2D eigenvalue weighted by atomic mass is 19.1. The number of nitriles is 1. The molecule has 144 valence electrons. The average Bonchev–Trinajstić information content (AvgIpc) is 3.11. The minimum Gasteiger partial charge on any atom is -0.463 e. The summed E-state index contributed by atoms with van der Waals surface area (Å²) in [6, 6.07) is 2.72. The van der Waals surface area contributed by atoms with Gasteiger partial charge in [-0.15, -0.1) is 0 Å². The lowest BCUT2D eigenvalue weighted by atomic mass is 9.92. The van der Waals surface area contributed by atoms with E-state index in [1.807, 2.05) is 0 Å². The van der Waals surface area contributed by atoms with Crippen LogP contribution < -0.4 is 5.73 Å². The number of nitrogens with two attached hydrogens (primary N) is 1. The molecule has 10 nitrogen and oxygen atoms in total. The van der Waals surface area contributed by atoms with E-state index in [1.165, 1.54) is 0 Å². The lowest BCUT2D eigenvalue weighted by Crippen LogP contribution is -2.41. The molecule has 4 N–H and O–H groups in total. The normalized spacial score (nSPS) is 27.6. The summed E-state index contributed by atoms with van der Waals surface area (Å²) >= 11 is 0. The van der Waals surface area contributed by atoms with Crippen molar-refractivity contribution >= 4 is 17.3 Å². The van der Waals surface area contributed by atoms with Crippen molar-refractivity contribution in [3.05, 3.63) is 23.9 Å². The minimum absolute atomic E-state index is 0.166. The van der Waals surface area contributed by atoms with Crippen LogP contribution in [0.15, 0.2) is 12.4 Å². The smallest absolute Gasteiger partial charge is 0.305 e. The minimum atomic E-state index is -2.14. The van der Waals surface area contributed by atoms with Crippen LogP contribution in [-0.4, -0.2) is 55.7 Å². The number of hydrogen-bond acceptors (Lipinski definition) is 9. The maximum absolute atomic E-state index is 14.3. The van der Waals surface area contributed by atoms with E-state index in [-0.39, 0.29) is 30.1 Å². The lowest BCUT2D eigenvalue weighted by molar-refractivity contribution is -0.150. The Bertz CT molecular complexity index is 912. The summed E-state index contributed by atoms with van der Waals surface area (Å²) in [5, 5.41) is 34.3. The molecular formula is C16H18FN5O5. The van der Waals surface area contributed by atoms with Crippen LogP contribution in [0.2, 0.25) is 0 Å². The van der Waals surface area contributed by atoms with E-state index in [9.17, 15) is 24.7 Å². The Labute approximate surface area is 152 Å². The molecule has 0 amide bonds. The number of fused-ring (bicyclic) bond motifs is 1. The standard InChI is InChI=1S/C16H18FN5O5/c1-2-3-11(23)26-5-9-13(24)14(25)16(6-18,27-9)10-4-8(17)12-15(19)20-7-21-22(10)12/h4,7,9,13-14,24-25H,2-3,5H2,1H3,(H2,19,20,21)/t9-,13-,14-,16+/m1/s1. The van der Waals surface area contributed by atoms with E-state index >= 15 is 0 Å². The Morgan fingerprint density at radius 2 is 2.33 bits per heavy atom. The zero-order chi connectivity index (χ0) is 19.8. The topological polar surface area (TPSA) is 156 Å². The molecule has 3 rings (SSSR count). The SMILES string of the molecule is CCCC(=O)OC[C@H]1O[C@@](C#N)(c2cc(F)c3c(N)ncnn23)[C@H](O)[C@@H]1O. The Morgan fingerprint density at radius 3 is 3.00 bits per heavy atom. The van der Waals surface area contributed by atoms with E-state index < -0.39 is 35.7 Å². The summed E-state index contributed by atoms with van der Waals surface area (Å²) < 4.78 is 25.9. The van der Waals surface area contributed by atoms with Gasteiger partial charge in [0.15, 0.2) is 11.6 Å². The fourth-order valence-corrected chi connectivity index (χ4v) is 3.05. The van der Waals surface area contributed by atoms with Crippen LogP contribution in [0.1, 0.15) is 25.5 Å². The van der Waals surface area contributed by atoms with Crippen molar-refractivity contribution in [3.8, 4) is 6.07 Å². The van der Waals surface area contributed by atoms with Gasteiger partial charge in [0, 0.05) is 12.5 Å². The second-order valence-corrected chi connectivity index (χ2v) is 6.16. The molecule has 1 aliphatic heterocycles. The number of halogens is 1. The van der Waals surface area contributed by atoms with Crippen molar-refractivity contribution in [2.45, 2.75) is 43.7 Å². The number of carbonyl (C=O) groups is 1. The van der Waals surface area contributed by atoms with Crippen molar-refractivity contribution in [1.82, 2.24) is 14.6 Å². The van der Waals surface area contributed by atoms with Crippen LogP contribution in [0.3, 0.4) is 0 Å². The first-order valence-corrected chi connectivity index (χ1v) is 8.24. The number of nitrogens with zero attached hydrogens (tertiary/aromatic N) is 4. The van der Waals surface area contributed by atoms with Crippen molar-refractivity contribution < 1.29 is 28.9 Å². The van der Waals surface area contributed by atoms with Gasteiger partial charge < -0.3 is 25.4 Å². The zero-order valence-corrected chi connectivity index (χ0v) is 14.4. The highest BCUT2D eigenvalue weighted by Crippen LogP contribution is 2.41. The second-order valence-electron chi connectivity index (χ2n) is 6.16. The van der Waals surface area contributed by atoms with Gasteiger partial charge >= 0.3 is 5.97 Å². The highest BCUT2D eigenvalue weighted by molar-refractivity contribution is 5.69. The lowest BCUT2D eigenvalue weighted by Gasteiger charge is -2.24. The maximum atomic E-state index is 14.3. The molecular weight excluding hydrogens is 361 g/mol. The number of hydrogen-bond donors (Lipinski definition) is 3. The molecule has 2 aromatic heterocycles. The number of anilines is 1. The third-order valence-electron chi connectivity index (χ3n) is 4.40. The van der Waals surface area contributed by atoms with Crippen molar-refractivity contribution in [2.75, 3.05) is 12.3 Å². The Hall–Kier alpha value is -2.81. The van der Waals surface area contributed by atoms with Crippen LogP contribution >= 0.6 is 0 Å². The van der Waals surface area contributed by atoms with Gasteiger partial charge in [0.25, 0.3) is 0 Å². The highest BCUT2D eigenvalue weighted by Gasteiger charge is 2.58. The van der Waals surface area contributed by atoms with Gasteiger partial charge in [0.1, 0.15) is 42.8 Å². The molecule has 0 aliphatic carbocycles. The molecule has 4 atom stereocenters. The van der Waals surface area contributed by atoms with Crippen molar-refractivity contribution in [2.24, 2.45) is 0 Å². The number of aliphatic hydroxyl groups excluding tert-OH is 2. The number of aromatic nitrogens is 3. The number of aliphatic hydroxyl groups is 2. The first kappa shape index (κ1) is 19.0. The first-order chi connectivity index (χ1) is 12.9. The Morgan fingerprint density at radius 1 is 1.59 bits per heavy atom. The molecule has 2 aromatic rings. The molecule has 0 bridgehead atoms. The number of rotatable bonds is 5. The van der Waals surface area contributed by atoms with Crippen LogP contribution in [0, 0.1) is 17.1 Å². The molecule has 1 fully saturated rings. The first-order valence-electron chi connectivity index (χ1n) is 8.24.